The second-order valence-electron chi connectivity index (χ2n) is 5.25. The molecule has 1 saturated heterocycles. The van der Waals surface area contributed by atoms with Crippen LogP contribution in [0.2, 0.25) is 0 Å². The number of unbranched alkanes of at least 4 members (excludes halogenated alkanes) is 1. The Morgan fingerprint density at radius 2 is 1.85 bits per heavy atom. The van der Waals surface area contributed by atoms with Gasteiger partial charge in [-0.2, -0.15) is 0 Å². The van der Waals surface area contributed by atoms with Gasteiger partial charge in [-0.05, 0) is 25.8 Å². The molecule has 6 heteroatoms. The van der Waals surface area contributed by atoms with Gasteiger partial charge in [0, 0.05) is 39.1 Å². The quantitative estimate of drug-likeness (QED) is 0.604. The van der Waals surface area contributed by atoms with Gasteiger partial charge < -0.3 is 16.0 Å². The van der Waals surface area contributed by atoms with Crippen molar-refractivity contribution >= 4 is 11.8 Å². The topological polar surface area (TPSA) is 78.7 Å². The highest BCUT2D eigenvalue weighted by Crippen LogP contribution is 2.06. The third-order valence-electron chi connectivity index (χ3n) is 3.51. The summed E-state index contributed by atoms with van der Waals surface area (Å²) in [6, 6.07) is 0. The van der Waals surface area contributed by atoms with Crippen LogP contribution >= 0.6 is 0 Å². The smallest absolute Gasteiger partial charge is 0.234 e. The van der Waals surface area contributed by atoms with Gasteiger partial charge in [0.25, 0.3) is 0 Å². The minimum absolute atomic E-state index is 0.0783. The molecule has 0 radical (unpaired) electrons. The number of hydrogen-bond donors (Lipinski definition) is 2. The van der Waals surface area contributed by atoms with Crippen molar-refractivity contribution in [3.8, 4) is 0 Å². The molecule has 1 aliphatic rings. The first kappa shape index (κ1) is 16.9. The predicted molar refractivity (Wildman–Crippen MR) is 79.2 cm³/mol. The highest BCUT2D eigenvalue weighted by Gasteiger charge is 2.21. The van der Waals surface area contributed by atoms with Crippen molar-refractivity contribution in [2.75, 3.05) is 45.8 Å². The van der Waals surface area contributed by atoms with Crippen molar-refractivity contribution in [3.63, 3.8) is 0 Å². The van der Waals surface area contributed by atoms with Crippen LogP contribution in [-0.4, -0.2) is 67.4 Å². The van der Waals surface area contributed by atoms with E-state index >= 15 is 0 Å². The predicted octanol–water partition coefficient (Wildman–Crippen LogP) is -0.214. The van der Waals surface area contributed by atoms with Crippen LogP contribution in [0.5, 0.6) is 0 Å². The first-order valence-corrected chi connectivity index (χ1v) is 7.64. The van der Waals surface area contributed by atoms with Crippen molar-refractivity contribution in [2.24, 2.45) is 5.73 Å². The van der Waals surface area contributed by atoms with Crippen molar-refractivity contribution in [1.29, 1.82) is 0 Å². The second kappa shape index (κ2) is 9.72. The zero-order valence-corrected chi connectivity index (χ0v) is 12.6. The molecule has 6 nitrogen and oxygen atoms in total. The molecule has 0 atom stereocenters. The van der Waals surface area contributed by atoms with Gasteiger partial charge in [-0.25, -0.2) is 0 Å². The number of nitrogens with zero attached hydrogens (tertiary/aromatic N) is 2. The van der Waals surface area contributed by atoms with Crippen LogP contribution in [0.1, 0.15) is 32.6 Å². The average Bonchev–Trinajstić information content (AvgIpc) is 2.46. The molecule has 0 aliphatic carbocycles. The Hall–Kier alpha value is -1.14. The first-order valence-electron chi connectivity index (χ1n) is 7.64. The van der Waals surface area contributed by atoms with E-state index in [0.717, 1.165) is 52.0 Å². The molecule has 0 aromatic carbocycles. The second-order valence-corrected chi connectivity index (χ2v) is 5.25. The number of nitrogens with two attached hydrogens (primary N) is 1. The fourth-order valence-corrected chi connectivity index (χ4v) is 2.26. The molecule has 20 heavy (non-hydrogen) atoms. The maximum atomic E-state index is 11.9. The molecule has 0 unspecified atom stereocenters. The van der Waals surface area contributed by atoms with Crippen LogP contribution in [-0.2, 0) is 9.59 Å². The zero-order chi connectivity index (χ0) is 14.8. The third-order valence-corrected chi connectivity index (χ3v) is 3.51. The van der Waals surface area contributed by atoms with Gasteiger partial charge in [0.15, 0.2) is 0 Å². The van der Waals surface area contributed by atoms with Gasteiger partial charge in [-0.3, -0.25) is 14.5 Å². The molecule has 1 fully saturated rings. The summed E-state index contributed by atoms with van der Waals surface area (Å²) in [4.78, 5) is 27.6. The molecular weight excluding hydrogens is 256 g/mol. The van der Waals surface area contributed by atoms with Crippen LogP contribution < -0.4 is 11.1 Å². The maximum Gasteiger partial charge on any atom is 0.234 e. The number of rotatable bonds is 8. The average molecular weight is 284 g/mol. The number of carbonyl (C=O) groups excluding carboxylic acids is 2. The van der Waals surface area contributed by atoms with E-state index < -0.39 is 0 Å². The van der Waals surface area contributed by atoms with E-state index in [1.54, 1.807) is 0 Å². The Morgan fingerprint density at radius 1 is 1.15 bits per heavy atom. The highest BCUT2D eigenvalue weighted by molar-refractivity contribution is 5.78. The van der Waals surface area contributed by atoms with Crippen LogP contribution in [0.4, 0.5) is 0 Å². The summed E-state index contributed by atoms with van der Waals surface area (Å²) >= 11 is 0. The van der Waals surface area contributed by atoms with Gasteiger partial charge >= 0.3 is 0 Å². The van der Waals surface area contributed by atoms with E-state index in [1.165, 1.54) is 0 Å². The van der Waals surface area contributed by atoms with E-state index in [4.69, 9.17) is 5.73 Å². The Labute approximate surface area is 121 Å². The van der Waals surface area contributed by atoms with Crippen molar-refractivity contribution in [2.45, 2.75) is 32.6 Å². The molecule has 1 heterocycles. The lowest BCUT2D eigenvalue weighted by atomic mass is 10.2. The van der Waals surface area contributed by atoms with E-state index in [1.807, 2.05) is 11.8 Å². The van der Waals surface area contributed by atoms with Crippen LogP contribution in [0.25, 0.3) is 0 Å². The molecule has 0 spiro atoms. The summed E-state index contributed by atoms with van der Waals surface area (Å²) < 4.78 is 0. The largest absolute Gasteiger partial charge is 0.355 e. The van der Waals surface area contributed by atoms with Gasteiger partial charge in [0.05, 0.1) is 6.54 Å². The standard InChI is InChI=1S/C14H28N4O2/c1-2-7-16-13(19)12-17-8-10-18(11-9-17)14(20)5-3-4-6-15/h2-12,15H2,1H3,(H,16,19). The Balaban J connectivity index is 2.19. The summed E-state index contributed by atoms with van der Waals surface area (Å²) in [7, 11) is 0. The van der Waals surface area contributed by atoms with Gasteiger partial charge in [-0.15, -0.1) is 0 Å². The molecule has 0 aromatic rings. The molecule has 3 N–H and O–H groups in total. The minimum atomic E-state index is 0.0783. The van der Waals surface area contributed by atoms with E-state index in [0.29, 0.717) is 19.5 Å². The lowest BCUT2D eigenvalue weighted by Gasteiger charge is -2.34. The van der Waals surface area contributed by atoms with Crippen molar-refractivity contribution in [3.05, 3.63) is 0 Å². The number of carbonyl (C=O) groups is 2. The maximum absolute atomic E-state index is 11.9. The highest BCUT2D eigenvalue weighted by atomic mass is 16.2. The Kier molecular flexibility index (Phi) is 8.22. The SMILES string of the molecule is CCCNC(=O)CN1CCN(C(=O)CCCCN)CC1. The number of amides is 2. The molecule has 116 valence electrons. The van der Waals surface area contributed by atoms with Gasteiger partial charge in [-0.1, -0.05) is 6.92 Å². The van der Waals surface area contributed by atoms with Crippen LogP contribution in [0.15, 0.2) is 0 Å². The summed E-state index contributed by atoms with van der Waals surface area (Å²) in [5.74, 6) is 0.295. The monoisotopic (exact) mass is 284 g/mol. The third kappa shape index (κ3) is 6.34. The lowest BCUT2D eigenvalue weighted by molar-refractivity contribution is -0.133. The first-order chi connectivity index (χ1) is 9.67. The molecule has 0 saturated carbocycles. The summed E-state index contributed by atoms with van der Waals surface area (Å²) in [6.07, 6.45) is 3.32. The summed E-state index contributed by atoms with van der Waals surface area (Å²) in [5, 5.41) is 2.87. The number of nitrogens with one attached hydrogen (secondary N) is 1. The van der Waals surface area contributed by atoms with Gasteiger partial charge in [0.2, 0.25) is 11.8 Å². The number of piperazine rings is 1. The lowest BCUT2D eigenvalue weighted by Crippen LogP contribution is -2.51. The van der Waals surface area contributed by atoms with E-state index in [2.05, 4.69) is 10.2 Å². The Morgan fingerprint density at radius 3 is 2.45 bits per heavy atom. The fraction of sp³-hybridized carbons (Fsp3) is 0.857. The molecule has 1 aliphatic heterocycles. The molecule has 0 aromatic heterocycles. The molecular formula is C14H28N4O2. The van der Waals surface area contributed by atoms with Crippen LogP contribution in [0.3, 0.4) is 0 Å². The summed E-state index contributed by atoms with van der Waals surface area (Å²) in [5.41, 5.74) is 5.42. The van der Waals surface area contributed by atoms with Crippen molar-refractivity contribution in [1.82, 2.24) is 15.1 Å². The van der Waals surface area contributed by atoms with E-state index in [9.17, 15) is 9.59 Å². The van der Waals surface area contributed by atoms with Crippen molar-refractivity contribution < 1.29 is 9.59 Å². The normalized spacial score (nSPS) is 16.2. The number of hydrogen-bond acceptors (Lipinski definition) is 4. The Bertz CT molecular complexity index is 302. The fourth-order valence-electron chi connectivity index (χ4n) is 2.26. The molecule has 2 amide bonds. The van der Waals surface area contributed by atoms with Gasteiger partial charge in [0.1, 0.15) is 0 Å². The zero-order valence-electron chi connectivity index (χ0n) is 12.6. The van der Waals surface area contributed by atoms with E-state index in [-0.39, 0.29) is 11.8 Å². The minimum Gasteiger partial charge on any atom is -0.355 e. The summed E-state index contributed by atoms with van der Waals surface area (Å²) in [6.45, 7) is 6.87. The molecule has 1 rings (SSSR count). The molecule has 0 bridgehead atoms. The van der Waals surface area contributed by atoms with Crippen LogP contribution in [0, 0.1) is 0 Å².